The zero-order chi connectivity index (χ0) is 18.7. The van der Waals surface area contributed by atoms with Gasteiger partial charge in [-0.1, -0.05) is 25.6 Å². The van der Waals surface area contributed by atoms with Crippen molar-refractivity contribution in [1.29, 1.82) is 0 Å². The Hall–Kier alpha value is -2.30. The van der Waals surface area contributed by atoms with E-state index in [-0.39, 0.29) is 23.1 Å². The van der Waals surface area contributed by atoms with Crippen LogP contribution in [0, 0.1) is 5.92 Å². The van der Waals surface area contributed by atoms with Crippen molar-refractivity contribution < 1.29 is 14.3 Å². The molecule has 2 fully saturated rings. The molecule has 1 unspecified atom stereocenters. The zero-order valence-corrected chi connectivity index (χ0v) is 15.7. The van der Waals surface area contributed by atoms with Gasteiger partial charge in [0.1, 0.15) is 5.75 Å². The van der Waals surface area contributed by atoms with Gasteiger partial charge in [-0.25, -0.2) is 0 Å². The molecule has 2 saturated heterocycles. The summed E-state index contributed by atoms with van der Waals surface area (Å²) in [4.78, 5) is 28.5. The number of ether oxygens (including phenoxy) is 1. The maximum atomic E-state index is 13.0. The smallest absolute Gasteiger partial charge is 0.245 e. The summed E-state index contributed by atoms with van der Waals surface area (Å²) in [5.74, 6) is 1.08. The van der Waals surface area contributed by atoms with E-state index in [0.29, 0.717) is 13.1 Å². The van der Waals surface area contributed by atoms with Crippen molar-refractivity contribution in [1.82, 2.24) is 9.80 Å². The molecule has 5 nitrogen and oxygen atoms in total. The fourth-order valence-electron chi connectivity index (χ4n) is 4.12. The highest BCUT2D eigenvalue weighted by Crippen LogP contribution is 2.36. The molecule has 2 aliphatic rings. The highest BCUT2D eigenvalue weighted by molar-refractivity contribution is 5.87. The molecule has 0 N–H and O–H groups in total. The Balaban J connectivity index is 1.62. The molecule has 2 aliphatic heterocycles. The Morgan fingerprint density at radius 3 is 2.62 bits per heavy atom. The second-order valence-electron chi connectivity index (χ2n) is 7.61. The van der Waals surface area contributed by atoms with E-state index in [1.807, 2.05) is 17.0 Å². The van der Waals surface area contributed by atoms with E-state index in [4.69, 9.17) is 4.74 Å². The fraction of sp³-hybridized carbons (Fsp3) is 0.524. The predicted molar refractivity (Wildman–Crippen MR) is 101 cm³/mol. The Kier molecular flexibility index (Phi) is 5.35. The lowest BCUT2D eigenvalue weighted by atomic mass is 9.82. The lowest BCUT2D eigenvalue weighted by Gasteiger charge is -2.33. The first-order valence-electron chi connectivity index (χ1n) is 9.31. The van der Waals surface area contributed by atoms with Crippen LogP contribution in [0.25, 0.3) is 0 Å². The molecule has 0 radical (unpaired) electrons. The molecule has 5 heteroatoms. The summed E-state index contributed by atoms with van der Waals surface area (Å²) in [6.45, 7) is 8.57. The molecule has 1 aromatic carbocycles. The van der Waals surface area contributed by atoms with Crippen LogP contribution in [-0.2, 0) is 15.0 Å². The summed E-state index contributed by atoms with van der Waals surface area (Å²) in [7, 11) is 1.68. The van der Waals surface area contributed by atoms with E-state index in [2.05, 4.69) is 25.6 Å². The van der Waals surface area contributed by atoms with Gasteiger partial charge in [-0.05, 0) is 43.0 Å². The number of carbonyl (C=O) groups excluding carboxylic acids is 2. The number of nitrogens with zero attached hydrogens (tertiary/aromatic N) is 2. The summed E-state index contributed by atoms with van der Waals surface area (Å²) in [5.41, 5.74) is 1.18. The van der Waals surface area contributed by atoms with E-state index in [1.54, 1.807) is 12.0 Å². The normalized spacial score (nSPS) is 23.8. The molecule has 1 atom stereocenters. The fourth-order valence-corrected chi connectivity index (χ4v) is 4.12. The lowest BCUT2D eigenvalue weighted by molar-refractivity contribution is -0.138. The van der Waals surface area contributed by atoms with Crippen LogP contribution >= 0.6 is 0 Å². The van der Waals surface area contributed by atoms with Crippen molar-refractivity contribution >= 4 is 11.8 Å². The van der Waals surface area contributed by atoms with Crippen molar-refractivity contribution in [2.45, 2.75) is 31.6 Å². The van der Waals surface area contributed by atoms with E-state index >= 15 is 0 Å². The first-order valence-corrected chi connectivity index (χ1v) is 9.31. The SMILES string of the molecule is C=CC(=O)N1CCC(C(=O)N2CCC(C)(c3cccc(OC)c3)C2)CC1. The van der Waals surface area contributed by atoms with Gasteiger partial charge in [0.25, 0.3) is 0 Å². The molecule has 1 aromatic rings. The van der Waals surface area contributed by atoms with E-state index in [0.717, 1.165) is 38.1 Å². The Labute approximate surface area is 155 Å². The van der Waals surface area contributed by atoms with Crippen LogP contribution in [-0.4, -0.2) is 54.9 Å². The molecule has 3 rings (SSSR count). The third kappa shape index (κ3) is 3.62. The van der Waals surface area contributed by atoms with Gasteiger partial charge in [-0.2, -0.15) is 0 Å². The summed E-state index contributed by atoms with van der Waals surface area (Å²) < 4.78 is 5.35. The van der Waals surface area contributed by atoms with Gasteiger partial charge in [0, 0.05) is 37.5 Å². The predicted octanol–water partition coefficient (Wildman–Crippen LogP) is 2.61. The van der Waals surface area contributed by atoms with E-state index < -0.39 is 0 Å². The summed E-state index contributed by atoms with van der Waals surface area (Å²) >= 11 is 0. The molecule has 26 heavy (non-hydrogen) atoms. The van der Waals surface area contributed by atoms with Crippen molar-refractivity contribution in [3.05, 3.63) is 42.5 Å². The largest absolute Gasteiger partial charge is 0.497 e. The minimum absolute atomic E-state index is 0.0246. The number of methoxy groups -OCH3 is 1. The van der Waals surface area contributed by atoms with Gasteiger partial charge in [-0.3, -0.25) is 9.59 Å². The van der Waals surface area contributed by atoms with Gasteiger partial charge >= 0.3 is 0 Å². The number of hydrogen-bond acceptors (Lipinski definition) is 3. The molecule has 0 saturated carbocycles. The number of likely N-dealkylation sites (tertiary alicyclic amines) is 2. The van der Waals surface area contributed by atoms with Gasteiger partial charge < -0.3 is 14.5 Å². The number of benzene rings is 1. The molecular formula is C21H28N2O3. The summed E-state index contributed by atoms with van der Waals surface area (Å²) in [6.07, 6.45) is 3.79. The third-order valence-electron chi connectivity index (χ3n) is 5.88. The second-order valence-corrected chi connectivity index (χ2v) is 7.61. The van der Waals surface area contributed by atoms with Gasteiger partial charge in [0.2, 0.25) is 11.8 Å². The zero-order valence-electron chi connectivity index (χ0n) is 15.7. The molecule has 140 valence electrons. The number of piperidine rings is 1. The topological polar surface area (TPSA) is 49.9 Å². The molecule has 0 spiro atoms. The van der Waals surface area contributed by atoms with Gasteiger partial charge in [0.15, 0.2) is 0 Å². The van der Waals surface area contributed by atoms with E-state index in [9.17, 15) is 9.59 Å². The van der Waals surface area contributed by atoms with Crippen LogP contribution < -0.4 is 4.74 Å². The number of hydrogen-bond donors (Lipinski definition) is 0. The highest BCUT2D eigenvalue weighted by Gasteiger charge is 2.40. The van der Waals surface area contributed by atoms with Crippen LogP contribution in [0.1, 0.15) is 31.7 Å². The molecule has 0 aromatic heterocycles. The molecule has 2 heterocycles. The van der Waals surface area contributed by atoms with Crippen molar-refractivity contribution in [2.75, 3.05) is 33.3 Å². The van der Waals surface area contributed by atoms with Crippen molar-refractivity contribution in [2.24, 2.45) is 5.92 Å². The van der Waals surface area contributed by atoms with E-state index in [1.165, 1.54) is 11.6 Å². The molecule has 2 amide bonds. The standard InChI is InChI=1S/C21H28N2O3/c1-4-19(24)22-11-8-16(9-12-22)20(25)23-13-10-21(2,15-23)17-6-5-7-18(14-17)26-3/h4-7,14,16H,1,8-13,15H2,2-3H3. The van der Waals surface area contributed by atoms with Crippen molar-refractivity contribution in [3.63, 3.8) is 0 Å². The first kappa shape index (κ1) is 18.5. The van der Waals surface area contributed by atoms with Crippen LogP contribution in [0.2, 0.25) is 0 Å². The quantitative estimate of drug-likeness (QED) is 0.779. The Morgan fingerprint density at radius 2 is 1.96 bits per heavy atom. The minimum Gasteiger partial charge on any atom is -0.497 e. The molecule has 0 bridgehead atoms. The monoisotopic (exact) mass is 356 g/mol. The number of rotatable bonds is 4. The van der Waals surface area contributed by atoms with Crippen LogP contribution in [0.4, 0.5) is 0 Å². The summed E-state index contributed by atoms with van der Waals surface area (Å²) in [6, 6.07) is 8.16. The van der Waals surface area contributed by atoms with Crippen LogP contribution in [0.3, 0.4) is 0 Å². The second kappa shape index (κ2) is 7.52. The average Bonchev–Trinajstić information content (AvgIpc) is 3.10. The maximum absolute atomic E-state index is 13.0. The van der Waals surface area contributed by atoms with Gasteiger partial charge in [-0.15, -0.1) is 0 Å². The van der Waals surface area contributed by atoms with Gasteiger partial charge in [0.05, 0.1) is 7.11 Å². The van der Waals surface area contributed by atoms with Crippen LogP contribution in [0.15, 0.2) is 36.9 Å². The summed E-state index contributed by atoms with van der Waals surface area (Å²) in [5, 5.41) is 0. The molecule has 0 aliphatic carbocycles. The average molecular weight is 356 g/mol. The Bertz CT molecular complexity index is 694. The Morgan fingerprint density at radius 1 is 1.23 bits per heavy atom. The lowest BCUT2D eigenvalue weighted by Crippen LogP contribution is -2.44. The van der Waals surface area contributed by atoms with Crippen molar-refractivity contribution in [3.8, 4) is 5.75 Å². The first-order chi connectivity index (χ1) is 12.5. The highest BCUT2D eigenvalue weighted by atomic mass is 16.5. The van der Waals surface area contributed by atoms with Crippen LogP contribution in [0.5, 0.6) is 5.75 Å². The number of carbonyl (C=O) groups is 2. The third-order valence-corrected chi connectivity index (χ3v) is 5.88. The number of amides is 2. The maximum Gasteiger partial charge on any atom is 0.245 e. The minimum atomic E-state index is -0.0392. The molecular weight excluding hydrogens is 328 g/mol.